The van der Waals surface area contributed by atoms with E-state index in [0.29, 0.717) is 0 Å². The Morgan fingerprint density at radius 3 is 2.20 bits per heavy atom. The predicted molar refractivity (Wildman–Crippen MR) is 86.6 cm³/mol. The lowest BCUT2D eigenvalue weighted by atomic mass is 9.93. The highest BCUT2D eigenvalue weighted by Crippen LogP contribution is 2.38. The van der Waals surface area contributed by atoms with Crippen LogP contribution in [-0.2, 0) is 23.9 Å². The van der Waals surface area contributed by atoms with Crippen LogP contribution >= 0.6 is 0 Å². The first-order valence-electron chi connectivity index (χ1n) is 8.03. The summed E-state index contributed by atoms with van der Waals surface area (Å²) >= 11 is 0. The zero-order valence-corrected chi connectivity index (χ0v) is 15.1. The van der Waals surface area contributed by atoms with Crippen molar-refractivity contribution < 1.29 is 33.8 Å². The van der Waals surface area contributed by atoms with Crippen molar-refractivity contribution in [3.8, 4) is 0 Å². The second-order valence-corrected chi connectivity index (χ2v) is 7.04. The van der Waals surface area contributed by atoms with Crippen LogP contribution in [0.25, 0.3) is 0 Å². The summed E-state index contributed by atoms with van der Waals surface area (Å²) in [4.78, 5) is 46.9. The number of esters is 1. The van der Waals surface area contributed by atoms with E-state index >= 15 is 0 Å². The summed E-state index contributed by atoms with van der Waals surface area (Å²) < 4.78 is 10.2. The summed E-state index contributed by atoms with van der Waals surface area (Å²) in [6.07, 6.45) is -0.754. The molecule has 0 heterocycles. The maximum absolute atomic E-state index is 12.1. The molecule has 0 bridgehead atoms. The molecule has 1 saturated carbocycles. The molecular weight excluding hydrogens is 332 g/mol. The monoisotopic (exact) mass is 358 g/mol. The van der Waals surface area contributed by atoms with Crippen molar-refractivity contribution in [3.05, 3.63) is 0 Å². The molecule has 9 heteroatoms. The molecule has 0 saturated heterocycles. The Bertz CT molecular complexity index is 541. The summed E-state index contributed by atoms with van der Waals surface area (Å²) in [5.41, 5.74) is -0.757. The van der Waals surface area contributed by atoms with E-state index in [1.54, 1.807) is 20.8 Å². The highest BCUT2D eigenvalue weighted by molar-refractivity contribution is 5.82. The van der Waals surface area contributed by atoms with Crippen molar-refractivity contribution in [2.24, 2.45) is 17.8 Å². The number of carbonyl (C=O) groups excluding carboxylic acids is 3. The molecule has 1 fully saturated rings. The van der Waals surface area contributed by atoms with Gasteiger partial charge < -0.3 is 25.2 Å². The zero-order valence-electron chi connectivity index (χ0n) is 15.1. The second-order valence-electron chi connectivity index (χ2n) is 7.04. The van der Waals surface area contributed by atoms with E-state index in [9.17, 15) is 24.3 Å². The van der Waals surface area contributed by atoms with E-state index in [0.717, 1.165) is 0 Å². The number of nitrogens with one attached hydrogen (secondary N) is 2. The minimum Gasteiger partial charge on any atom is -0.481 e. The van der Waals surface area contributed by atoms with Gasteiger partial charge in [-0.1, -0.05) is 0 Å². The van der Waals surface area contributed by atoms with Gasteiger partial charge in [-0.3, -0.25) is 14.4 Å². The lowest BCUT2D eigenvalue weighted by Crippen LogP contribution is -2.48. The van der Waals surface area contributed by atoms with Gasteiger partial charge in [0, 0.05) is 25.8 Å². The number of alkyl carbamates (subject to hydrolysis) is 1. The van der Waals surface area contributed by atoms with E-state index < -0.39 is 47.4 Å². The maximum atomic E-state index is 12.1. The molecule has 9 nitrogen and oxygen atoms in total. The van der Waals surface area contributed by atoms with E-state index in [1.165, 1.54) is 14.0 Å². The van der Waals surface area contributed by atoms with Crippen LogP contribution in [0, 0.1) is 17.8 Å². The maximum Gasteiger partial charge on any atom is 0.407 e. The Morgan fingerprint density at radius 2 is 1.76 bits per heavy atom. The third-order valence-corrected chi connectivity index (χ3v) is 3.98. The Kier molecular flexibility index (Phi) is 6.78. The van der Waals surface area contributed by atoms with Crippen LogP contribution in [0.3, 0.4) is 0 Å². The van der Waals surface area contributed by atoms with E-state index in [4.69, 9.17) is 9.47 Å². The molecular formula is C16H26N2O7. The van der Waals surface area contributed by atoms with Gasteiger partial charge >= 0.3 is 18.0 Å². The SMILES string of the molecule is CNC(=O)[C@@H]1C[C@H](C(=O)O)[C@@H](NC(=O)OC(C)(C)C)[C@H]1COC(C)=O. The molecule has 142 valence electrons. The second kappa shape index (κ2) is 8.17. The third-order valence-electron chi connectivity index (χ3n) is 3.98. The van der Waals surface area contributed by atoms with Crippen molar-refractivity contribution in [1.29, 1.82) is 0 Å². The summed E-state index contributed by atoms with van der Waals surface area (Å²) in [6.45, 7) is 6.09. The topological polar surface area (TPSA) is 131 Å². The summed E-state index contributed by atoms with van der Waals surface area (Å²) in [7, 11) is 1.44. The number of ether oxygens (including phenoxy) is 2. The molecule has 2 amide bonds. The molecule has 0 unspecified atom stereocenters. The Balaban J connectivity index is 3.05. The molecule has 3 N–H and O–H groups in total. The van der Waals surface area contributed by atoms with Crippen LogP contribution in [0.2, 0.25) is 0 Å². The molecule has 25 heavy (non-hydrogen) atoms. The number of carboxylic acids is 1. The number of hydrogen-bond donors (Lipinski definition) is 3. The first kappa shape index (κ1) is 20.7. The molecule has 1 aliphatic rings. The predicted octanol–water partition coefficient (Wildman–Crippen LogP) is 0.526. The molecule has 0 aromatic rings. The van der Waals surface area contributed by atoms with Gasteiger partial charge in [-0.2, -0.15) is 0 Å². The van der Waals surface area contributed by atoms with Crippen LogP contribution in [0.4, 0.5) is 4.79 Å². The largest absolute Gasteiger partial charge is 0.481 e. The normalized spacial score (nSPS) is 25.8. The quantitative estimate of drug-likeness (QED) is 0.611. The number of aliphatic carboxylic acids is 1. The molecule has 1 aliphatic carbocycles. The number of amides is 2. The number of hydrogen-bond acceptors (Lipinski definition) is 6. The number of rotatable bonds is 5. The van der Waals surface area contributed by atoms with Gasteiger partial charge in [0.15, 0.2) is 0 Å². The highest BCUT2D eigenvalue weighted by atomic mass is 16.6. The van der Waals surface area contributed by atoms with E-state index in [1.807, 2.05) is 0 Å². The Labute approximate surface area is 146 Å². The number of carboxylic acid groups (broad SMARTS) is 1. The van der Waals surface area contributed by atoms with Crippen LogP contribution in [0.5, 0.6) is 0 Å². The van der Waals surface area contributed by atoms with Gasteiger partial charge in [0.2, 0.25) is 5.91 Å². The van der Waals surface area contributed by atoms with Crippen LogP contribution in [-0.4, -0.2) is 54.3 Å². The number of carbonyl (C=O) groups is 4. The average molecular weight is 358 g/mol. The van der Waals surface area contributed by atoms with Crippen LogP contribution in [0.1, 0.15) is 34.1 Å². The van der Waals surface area contributed by atoms with Crippen LogP contribution < -0.4 is 10.6 Å². The first-order valence-corrected chi connectivity index (χ1v) is 8.03. The van der Waals surface area contributed by atoms with Gasteiger partial charge in [-0.05, 0) is 27.2 Å². The summed E-state index contributed by atoms with van der Waals surface area (Å²) in [5.74, 6) is -4.42. The highest BCUT2D eigenvalue weighted by Gasteiger charge is 2.50. The van der Waals surface area contributed by atoms with E-state index in [2.05, 4.69) is 10.6 Å². The molecule has 0 aromatic carbocycles. The van der Waals surface area contributed by atoms with Gasteiger partial charge in [-0.25, -0.2) is 4.79 Å². The minimum atomic E-state index is -1.14. The molecule has 0 aromatic heterocycles. The Hall–Kier alpha value is -2.32. The van der Waals surface area contributed by atoms with Crippen molar-refractivity contribution in [1.82, 2.24) is 10.6 Å². The summed E-state index contributed by atoms with van der Waals surface area (Å²) in [5, 5.41) is 14.5. The fourth-order valence-electron chi connectivity index (χ4n) is 2.97. The smallest absolute Gasteiger partial charge is 0.407 e. The molecule has 1 rings (SSSR count). The molecule has 0 spiro atoms. The van der Waals surface area contributed by atoms with Crippen molar-refractivity contribution in [2.75, 3.05) is 13.7 Å². The van der Waals surface area contributed by atoms with Gasteiger partial charge in [0.1, 0.15) is 5.60 Å². The average Bonchev–Trinajstić information content (AvgIpc) is 2.80. The van der Waals surface area contributed by atoms with E-state index in [-0.39, 0.29) is 18.9 Å². The van der Waals surface area contributed by atoms with Crippen molar-refractivity contribution in [2.45, 2.75) is 45.8 Å². The molecule has 0 aliphatic heterocycles. The van der Waals surface area contributed by atoms with Crippen LogP contribution in [0.15, 0.2) is 0 Å². The molecule has 0 radical (unpaired) electrons. The lowest BCUT2D eigenvalue weighted by molar-refractivity contribution is -0.144. The molecule has 4 atom stereocenters. The lowest BCUT2D eigenvalue weighted by Gasteiger charge is -2.27. The van der Waals surface area contributed by atoms with Crippen molar-refractivity contribution >= 4 is 23.9 Å². The van der Waals surface area contributed by atoms with Gasteiger partial charge in [-0.15, -0.1) is 0 Å². The zero-order chi connectivity index (χ0) is 19.4. The third kappa shape index (κ3) is 5.91. The fourth-order valence-corrected chi connectivity index (χ4v) is 2.97. The minimum absolute atomic E-state index is 0.0292. The fraction of sp³-hybridized carbons (Fsp3) is 0.750. The summed E-state index contributed by atoms with van der Waals surface area (Å²) in [6, 6.07) is -0.894. The van der Waals surface area contributed by atoms with Gasteiger partial charge in [0.25, 0.3) is 0 Å². The Morgan fingerprint density at radius 1 is 1.16 bits per heavy atom. The van der Waals surface area contributed by atoms with Crippen molar-refractivity contribution in [3.63, 3.8) is 0 Å². The first-order chi connectivity index (χ1) is 11.5. The standard InChI is InChI=1S/C16H26N2O7/c1-8(19)24-7-11-9(13(20)17-5)6-10(14(21)22)12(11)18-15(23)25-16(2,3)4/h9-12H,6-7H2,1-5H3,(H,17,20)(H,18,23)(H,21,22)/t9-,10+,11+,12-/m1/s1. The van der Waals surface area contributed by atoms with Gasteiger partial charge in [0.05, 0.1) is 18.6 Å².